The van der Waals surface area contributed by atoms with Crippen molar-refractivity contribution in [2.24, 2.45) is 17.6 Å². The number of methoxy groups -OCH3 is 1. The fourth-order valence-electron chi connectivity index (χ4n) is 2.82. The van der Waals surface area contributed by atoms with E-state index in [9.17, 15) is 4.79 Å². The summed E-state index contributed by atoms with van der Waals surface area (Å²) in [4.78, 5) is 11.5. The number of esters is 1. The van der Waals surface area contributed by atoms with Crippen LogP contribution in [0, 0.1) is 11.8 Å². The lowest BCUT2D eigenvalue weighted by molar-refractivity contribution is -0.147. The average molecular weight is 247 g/mol. The molecule has 0 spiro atoms. The van der Waals surface area contributed by atoms with Crippen molar-refractivity contribution in [3.8, 4) is 0 Å². The normalized spacial score (nSPS) is 27.8. The highest BCUT2D eigenvalue weighted by molar-refractivity contribution is 5.72. The van der Waals surface area contributed by atoms with Crippen LogP contribution in [0.5, 0.6) is 0 Å². The smallest absolute Gasteiger partial charge is 0.308 e. The first-order valence-corrected chi connectivity index (χ1v) is 6.58. The Morgan fingerprint density at radius 3 is 2.67 bits per heavy atom. The minimum Gasteiger partial charge on any atom is -0.469 e. The lowest BCUT2D eigenvalue weighted by Gasteiger charge is -2.32. The number of ether oxygens (including phenoxy) is 1. The summed E-state index contributed by atoms with van der Waals surface area (Å²) >= 11 is 0. The highest BCUT2D eigenvalue weighted by Gasteiger charge is 2.32. The minimum absolute atomic E-state index is 0.00276. The van der Waals surface area contributed by atoms with Gasteiger partial charge in [0.05, 0.1) is 13.0 Å². The monoisotopic (exact) mass is 247 g/mol. The molecule has 1 aromatic rings. The number of carbonyl (C=O) groups excluding carboxylic acids is 1. The molecule has 0 amide bonds. The molecule has 2 N–H and O–H groups in total. The summed E-state index contributed by atoms with van der Waals surface area (Å²) in [5.41, 5.74) is 7.53. The zero-order valence-corrected chi connectivity index (χ0v) is 10.8. The lowest BCUT2D eigenvalue weighted by Crippen LogP contribution is -2.40. The van der Waals surface area contributed by atoms with Crippen molar-refractivity contribution in [3.05, 3.63) is 35.9 Å². The van der Waals surface area contributed by atoms with E-state index in [1.54, 1.807) is 0 Å². The van der Waals surface area contributed by atoms with Gasteiger partial charge in [-0.1, -0.05) is 30.3 Å². The topological polar surface area (TPSA) is 52.3 Å². The number of carbonyl (C=O) groups is 1. The van der Waals surface area contributed by atoms with E-state index in [0.29, 0.717) is 5.92 Å². The molecule has 0 aliphatic heterocycles. The third kappa shape index (κ3) is 3.10. The third-order valence-electron chi connectivity index (χ3n) is 3.92. The number of hydrogen-bond acceptors (Lipinski definition) is 3. The van der Waals surface area contributed by atoms with E-state index in [-0.39, 0.29) is 17.9 Å². The first kappa shape index (κ1) is 13.1. The van der Waals surface area contributed by atoms with Crippen LogP contribution < -0.4 is 5.73 Å². The zero-order chi connectivity index (χ0) is 13.0. The minimum atomic E-state index is -0.108. The van der Waals surface area contributed by atoms with E-state index in [0.717, 1.165) is 25.7 Å². The highest BCUT2D eigenvalue weighted by Crippen LogP contribution is 2.31. The van der Waals surface area contributed by atoms with Crippen LogP contribution >= 0.6 is 0 Å². The van der Waals surface area contributed by atoms with Crippen LogP contribution in [0.15, 0.2) is 30.3 Å². The van der Waals surface area contributed by atoms with Crippen LogP contribution in [0.4, 0.5) is 0 Å². The van der Waals surface area contributed by atoms with E-state index in [1.165, 1.54) is 12.7 Å². The molecule has 1 fully saturated rings. The quantitative estimate of drug-likeness (QED) is 0.833. The summed E-state index contributed by atoms with van der Waals surface area (Å²) in [5, 5.41) is 0. The van der Waals surface area contributed by atoms with Crippen molar-refractivity contribution in [2.75, 3.05) is 7.11 Å². The van der Waals surface area contributed by atoms with E-state index in [4.69, 9.17) is 10.5 Å². The summed E-state index contributed by atoms with van der Waals surface area (Å²) in [6.45, 7) is 0. The Balaban J connectivity index is 1.92. The van der Waals surface area contributed by atoms with Crippen molar-refractivity contribution in [3.63, 3.8) is 0 Å². The number of benzene rings is 1. The van der Waals surface area contributed by atoms with Crippen LogP contribution in [0.1, 0.15) is 24.8 Å². The largest absolute Gasteiger partial charge is 0.469 e. The number of nitrogens with two attached hydrogens (primary N) is 1. The Labute approximate surface area is 108 Å². The van der Waals surface area contributed by atoms with E-state index < -0.39 is 0 Å². The van der Waals surface area contributed by atoms with Gasteiger partial charge in [0.2, 0.25) is 0 Å². The van der Waals surface area contributed by atoms with Gasteiger partial charge in [0.25, 0.3) is 0 Å². The Hall–Kier alpha value is -1.35. The van der Waals surface area contributed by atoms with Crippen molar-refractivity contribution < 1.29 is 9.53 Å². The van der Waals surface area contributed by atoms with Gasteiger partial charge in [0, 0.05) is 6.04 Å². The van der Waals surface area contributed by atoms with Gasteiger partial charge in [-0.15, -0.1) is 0 Å². The summed E-state index contributed by atoms with van der Waals surface area (Å²) in [5.74, 6) is 0.369. The molecule has 3 atom stereocenters. The Morgan fingerprint density at radius 2 is 2.06 bits per heavy atom. The first-order valence-electron chi connectivity index (χ1n) is 6.58. The van der Waals surface area contributed by atoms with Gasteiger partial charge in [-0.2, -0.15) is 0 Å². The zero-order valence-electron chi connectivity index (χ0n) is 10.8. The van der Waals surface area contributed by atoms with Crippen LogP contribution in [0.3, 0.4) is 0 Å². The maximum absolute atomic E-state index is 11.5. The molecular weight excluding hydrogens is 226 g/mol. The second-order valence-corrected chi connectivity index (χ2v) is 5.15. The van der Waals surface area contributed by atoms with Gasteiger partial charge in [-0.05, 0) is 37.2 Å². The predicted molar refractivity (Wildman–Crippen MR) is 71.0 cm³/mol. The molecular formula is C15H21NO2. The van der Waals surface area contributed by atoms with Crippen LogP contribution in [-0.2, 0) is 16.0 Å². The third-order valence-corrected chi connectivity index (χ3v) is 3.92. The summed E-state index contributed by atoms with van der Waals surface area (Å²) < 4.78 is 4.80. The summed E-state index contributed by atoms with van der Waals surface area (Å²) in [7, 11) is 1.45. The molecule has 18 heavy (non-hydrogen) atoms. The first-order chi connectivity index (χ1) is 8.70. The van der Waals surface area contributed by atoms with Crippen LogP contribution in [-0.4, -0.2) is 19.1 Å². The van der Waals surface area contributed by atoms with Gasteiger partial charge < -0.3 is 10.5 Å². The maximum Gasteiger partial charge on any atom is 0.308 e. The number of hydrogen-bond donors (Lipinski definition) is 1. The van der Waals surface area contributed by atoms with Gasteiger partial charge in [-0.25, -0.2) is 0 Å². The van der Waals surface area contributed by atoms with Gasteiger partial charge >= 0.3 is 5.97 Å². The molecule has 98 valence electrons. The maximum atomic E-state index is 11.5. The van der Waals surface area contributed by atoms with Crippen LogP contribution in [0.2, 0.25) is 0 Å². The van der Waals surface area contributed by atoms with Crippen molar-refractivity contribution >= 4 is 5.97 Å². The number of rotatable bonds is 3. The van der Waals surface area contributed by atoms with Crippen molar-refractivity contribution in [2.45, 2.75) is 31.7 Å². The van der Waals surface area contributed by atoms with E-state index in [1.807, 2.05) is 6.07 Å². The second kappa shape index (κ2) is 6.01. The Bertz CT molecular complexity index is 391. The lowest BCUT2D eigenvalue weighted by atomic mass is 9.76. The average Bonchev–Trinajstić information content (AvgIpc) is 2.41. The molecule has 3 heteroatoms. The second-order valence-electron chi connectivity index (χ2n) is 5.15. The predicted octanol–water partition coefficient (Wildman–Crippen LogP) is 2.15. The molecule has 0 heterocycles. The van der Waals surface area contributed by atoms with E-state index in [2.05, 4.69) is 24.3 Å². The fraction of sp³-hybridized carbons (Fsp3) is 0.533. The van der Waals surface area contributed by atoms with Gasteiger partial charge in [-0.3, -0.25) is 4.79 Å². The van der Waals surface area contributed by atoms with Gasteiger partial charge in [0.1, 0.15) is 0 Å². The summed E-state index contributed by atoms with van der Waals surface area (Å²) in [6.07, 6.45) is 3.67. The van der Waals surface area contributed by atoms with Crippen molar-refractivity contribution in [1.82, 2.24) is 0 Å². The molecule has 2 rings (SSSR count). The molecule has 0 unspecified atom stereocenters. The van der Waals surface area contributed by atoms with Crippen molar-refractivity contribution in [1.29, 1.82) is 0 Å². The highest BCUT2D eigenvalue weighted by atomic mass is 16.5. The van der Waals surface area contributed by atoms with Gasteiger partial charge in [0.15, 0.2) is 0 Å². The molecule has 1 aliphatic carbocycles. The molecule has 0 radical (unpaired) electrons. The molecule has 0 saturated heterocycles. The molecule has 1 aliphatic rings. The molecule has 3 nitrogen and oxygen atoms in total. The molecule has 0 aromatic heterocycles. The Morgan fingerprint density at radius 1 is 1.33 bits per heavy atom. The molecule has 0 bridgehead atoms. The fourth-order valence-corrected chi connectivity index (χ4v) is 2.82. The summed E-state index contributed by atoms with van der Waals surface area (Å²) in [6, 6.07) is 10.5. The standard InChI is InChI=1S/C15H21NO2/c1-18-15(17)13-8-7-12(14(16)10-13)9-11-5-3-2-4-6-11/h2-6,12-14H,7-10,16H2,1H3/t12-,13-,14-/m0/s1. The SMILES string of the molecule is COC(=O)[C@H]1CC[C@@H](Cc2ccccc2)[C@@H](N)C1. The molecule has 1 saturated carbocycles. The van der Waals surface area contributed by atoms with Crippen LogP contribution in [0.25, 0.3) is 0 Å². The molecule has 1 aromatic carbocycles. The Kier molecular flexibility index (Phi) is 4.37. The van der Waals surface area contributed by atoms with E-state index >= 15 is 0 Å².